The fourth-order valence-corrected chi connectivity index (χ4v) is 0.455. The Morgan fingerprint density at radius 3 is 1.89 bits per heavy atom. The highest BCUT2D eigenvalue weighted by atomic mass is 16.3. The summed E-state index contributed by atoms with van der Waals surface area (Å²) < 4.78 is 0. The number of aliphatic hydroxyl groups is 1. The lowest BCUT2D eigenvalue weighted by Crippen LogP contribution is -2.42. The van der Waals surface area contributed by atoms with Crippen LogP contribution in [0.5, 0.6) is 0 Å². The van der Waals surface area contributed by atoms with Gasteiger partial charge in [-0.15, -0.1) is 0 Å². The summed E-state index contributed by atoms with van der Waals surface area (Å²) in [5.74, 6) is 0. The van der Waals surface area contributed by atoms with Gasteiger partial charge in [0.05, 0.1) is 0 Å². The Bertz CT molecular complexity index is 110. The van der Waals surface area contributed by atoms with Gasteiger partial charge in [-0.1, -0.05) is 25.3 Å². The van der Waals surface area contributed by atoms with E-state index < -0.39 is 5.60 Å². The standard InChI is InChI=1S/C7H13NO/c1-4-7(9,5-2)6(3)8/h4-6,9H,1-2,8H2,3H3. The number of nitrogens with two attached hydrogens (primary N) is 1. The molecule has 0 aliphatic carbocycles. The minimum Gasteiger partial charge on any atom is -0.380 e. The Morgan fingerprint density at radius 2 is 1.89 bits per heavy atom. The summed E-state index contributed by atoms with van der Waals surface area (Å²) in [5.41, 5.74) is 4.29. The van der Waals surface area contributed by atoms with E-state index in [-0.39, 0.29) is 6.04 Å². The van der Waals surface area contributed by atoms with E-state index in [1.165, 1.54) is 12.2 Å². The van der Waals surface area contributed by atoms with Gasteiger partial charge in [0, 0.05) is 6.04 Å². The molecule has 2 heteroatoms. The summed E-state index contributed by atoms with van der Waals surface area (Å²) in [6.07, 6.45) is 2.76. The van der Waals surface area contributed by atoms with Crippen molar-refractivity contribution < 1.29 is 5.11 Å². The van der Waals surface area contributed by atoms with Crippen molar-refractivity contribution in [2.45, 2.75) is 18.6 Å². The molecule has 0 saturated heterocycles. The first kappa shape index (κ1) is 8.40. The van der Waals surface area contributed by atoms with E-state index >= 15 is 0 Å². The number of hydrogen-bond acceptors (Lipinski definition) is 2. The van der Waals surface area contributed by atoms with E-state index in [0.717, 1.165) is 0 Å². The summed E-state index contributed by atoms with van der Waals surface area (Å²) in [7, 11) is 0. The van der Waals surface area contributed by atoms with E-state index in [1.807, 2.05) is 0 Å². The second-order valence-corrected chi connectivity index (χ2v) is 2.08. The minimum atomic E-state index is -1.11. The maximum absolute atomic E-state index is 9.34. The molecule has 1 atom stereocenters. The van der Waals surface area contributed by atoms with Gasteiger partial charge >= 0.3 is 0 Å². The highest BCUT2D eigenvalue weighted by Gasteiger charge is 2.22. The van der Waals surface area contributed by atoms with Gasteiger partial charge in [0.25, 0.3) is 0 Å². The summed E-state index contributed by atoms with van der Waals surface area (Å²) in [6, 6.07) is -0.354. The number of rotatable bonds is 3. The van der Waals surface area contributed by atoms with Gasteiger partial charge in [-0.25, -0.2) is 0 Å². The van der Waals surface area contributed by atoms with Gasteiger partial charge in [-0.05, 0) is 6.92 Å². The first-order valence-corrected chi connectivity index (χ1v) is 2.82. The Hall–Kier alpha value is -0.600. The van der Waals surface area contributed by atoms with E-state index in [0.29, 0.717) is 0 Å². The molecule has 0 radical (unpaired) electrons. The monoisotopic (exact) mass is 127 g/mol. The average molecular weight is 127 g/mol. The van der Waals surface area contributed by atoms with Crippen molar-refractivity contribution in [3.05, 3.63) is 25.3 Å². The first-order valence-electron chi connectivity index (χ1n) is 2.82. The Balaban J connectivity index is 4.26. The third-order valence-electron chi connectivity index (χ3n) is 1.38. The SMILES string of the molecule is C=CC(O)(C=C)C(C)N. The van der Waals surface area contributed by atoms with Crippen LogP contribution in [0.4, 0.5) is 0 Å². The molecule has 0 aromatic carbocycles. The average Bonchev–Trinajstić information content (AvgIpc) is 1.86. The van der Waals surface area contributed by atoms with Gasteiger partial charge in [0.1, 0.15) is 5.60 Å². The van der Waals surface area contributed by atoms with Crippen LogP contribution in [0.2, 0.25) is 0 Å². The summed E-state index contributed by atoms with van der Waals surface area (Å²) in [5, 5.41) is 9.34. The Morgan fingerprint density at radius 1 is 1.56 bits per heavy atom. The van der Waals surface area contributed by atoms with E-state index in [2.05, 4.69) is 13.2 Å². The molecular weight excluding hydrogens is 114 g/mol. The fraction of sp³-hybridized carbons (Fsp3) is 0.429. The first-order chi connectivity index (χ1) is 4.06. The Kier molecular flexibility index (Phi) is 2.62. The molecule has 0 heterocycles. The predicted molar refractivity (Wildman–Crippen MR) is 39.0 cm³/mol. The lowest BCUT2D eigenvalue weighted by molar-refractivity contribution is 0.119. The van der Waals surface area contributed by atoms with Crippen LogP contribution in [-0.2, 0) is 0 Å². The minimum absolute atomic E-state index is 0.354. The van der Waals surface area contributed by atoms with E-state index in [4.69, 9.17) is 5.73 Å². The smallest absolute Gasteiger partial charge is 0.115 e. The van der Waals surface area contributed by atoms with Crippen LogP contribution in [0, 0.1) is 0 Å². The second-order valence-electron chi connectivity index (χ2n) is 2.08. The molecule has 0 bridgehead atoms. The normalized spacial score (nSPS) is 14.6. The van der Waals surface area contributed by atoms with Gasteiger partial charge < -0.3 is 10.8 Å². The quantitative estimate of drug-likeness (QED) is 0.540. The molecule has 9 heavy (non-hydrogen) atoms. The van der Waals surface area contributed by atoms with Gasteiger partial charge in [0.15, 0.2) is 0 Å². The molecule has 0 aliphatic heterocycles. The summed E-state index contributed by atoms with van der Waals surface area (Å²) in [4.78, 5) is 0. The summed E-state index contributed by atoms with van der Waals surface area (Å²) >= 11 is 0. The zero-order valence-electron chi connectivity index (χ0n) is 5.67. The Labute approximate surface area is 55.7 Å². The van der Waals surface area contributed by atoms with Crippen LogP contribution >= 0.6 is 0 Å². The molecule has 0 spiro atoms. The lowest BCUT2D eigenvalue weighted by atomic mass is 9.97. The predicted octanol–water partition coefficient (Wildman–Crippen LogP) is 0.437. The van der Waals surface area contributed by atoms with E-state index in [1.54, 1.807) is 6.92 Å². The van der Waals surface area contributed by atoms with Crippen LogP contribution in [0.3, 0.4) is 0 Å². The van der Waals surface area contributed by atoms with Crippen LogP contribution in [0.25, 0.3) is 0 Å². The zero-order valence-corrected chi connectivity index (χ0v) is 5.67. The molecule has 0 amide bonds. The van der Waals surface area contributed by atoms with Crippen molar-refractivity contribution >= 4 is 0 Å². The molecule has 52 valence electrons. The van der Waals surface area contributed by atoms with Crippen molar-refractivity contribution in [1.29, 1.82) is 0 Å². The van der Waals surface area contributed by atoms with Gasteiger partial charge in [-0.3, -0.25) is 0 Å². The van der Waals surface area contributed by atoms with Gasteiger partial charge in [-0.2, -0.15) is 0 Å². The molecule has 0 saturated carbocycles. The topological polar surface area (TPSA) is 46.2 Å². The fourth-order valence-electron chi connectivity index (χ4n) is 0.455. The van der Waals surface area contributed by atoms with Gasteiger partial charge in [0.2, 0.25) is 0 Å². The highest BCUT2D eigenvalue weighted by Crippen LogP contribution is 2.10. The molecule has 3 N–H and O–H groups in total. The van der Waals surface area contributed by atoms with Crippen LogP contribution in [-0.4, -0.2) is 16.7 Å². The third kappa shape index (κ3) is 1.66. The van der Waals surface area contributed by atoms with Crippen molar-refractivity contribution in [2.75, 3.05) is 0 Å². The molecule has 2 nitrogen and oxygen atoms in total. The lowest BCUT2D eigenvalue weighted by Gasteiger charge is -2.23. The molecule has 0 aromatic heterocycles. The van der Waals surface area contributed by atoms with Crippen LogP contribution in [0.1, 0.15) is 6.92 Å². The van der Waals surface area contributed by atoms with Crippen LogP contribution < -0.4 is 5.73 Å². The largest absolute Gasteiger partial charge is 0.380 e. The molecule has 0 aromatic rings. The molecular formula is C7H13NO. The second kappa shape index (κ2) is 2.80. The molecule has 0 aliphatic rings. The van der Waals surface area contributed by atoms with Crippen molar-refractivity contribution in [3.63, 3.8) is 0 Å². The van der Waals surface area contributed by atoms with Crippen molar-refractivity contribution in [2.24, 2.45) is 5.73 Å². The van der Waals surface area contributed by atoms with Crippen molar-refractivity contribution in [3.8, 4) is 0 Å². The maximum atomic E-state index is 9.34. The third-order valence-corrected chi connectivity index (χ3v) is 1.38. The molecule has 0 fully saturated rings. The molecule has 0 rings (SSSR count). The highest BCUT2D eigenvalue weighted by molar-refractivity contribution is 5.12. The number of hydrogen-bond donors (Lipinski definition) is 2. The van der Waals surface area contributed by atoms with E-state index in [9.17, 15) is 5.11 Å². The molecule has 1 unspecified atom stereocenters. The zero-order chi connectivity index (χ0) is 7.49. The van der Waals surface area contributed by atoms with Crippen LogP contribution in [0.15, 0.2) is 25.3 Å². The maximum Gasteiger partial charge on any atom is 0.115 e. The van der Waals surface area contributed by atoms with Crippen molar-refractivity contribution in [1.82, 2.24) is 0 Å². The summed E-state index contributed by atoms with van der Waals surface area (Å²) in [6.45, 7) is 8.54.